The van der Waals surface area contributed by atoms with Gasteiger partial charge < -0.3 is 0 Å². The average Bonchev–Trinajstić information content (AvgIpc) is 1.25. The predicted molar refractivity (Wildman–Crippen MR) is 24.0 cm³/mol. The standard InChI is InChI=1S/CH2BF3O2S/c2-8(6,7)1(3,4)5/h2H,(H,6,7). The first-order valence-corrected chi connectivity index (χ1v) is 3.09. The van der Waals surface area contributed by atoms with Crippen molar-refractivity contribution in [3.63, 3.8) is 0 Å². The molecule has 0 bridgehead atoms. The Balaban J connectivity index is 4.53. The summed E-state index contributed by atoms with van der Waals surface area (Å²) >= 11 is 0. The Morgan fingerprint density at radius 1 is 1.50 bits per heavy atom. The molecular weight excluding hydrogens is 144 g/mol. The first-order valence-electron chi connectivity index (χ1n) is 1.41. The van der Waals surface area contributed by atoms with Crippen LogP contribution in [0.3, 0.4) is 0 Å². The van der Waals surface area contributed by atoms with E-state index in [1.807, 2.05) is 6.72 Å². The van der Waals surface area contributed by atoms with Crippen molar-refractivity contribution in [2.75, 3.05) is 0 Å². The molecule has 0 aliphatic carbocycles. The second kappa shape index (κ2) is 1.73. The van der Waals surface area contributed by atoms with Gasteiger partial charge in [-0.2, -0.15) is 0 Å². The van der Waals surface area contributed by atoms with Crippen LogP contribution in [-0.4, -0.2) is 21.0 Å². The van der Waals surface area contributed by atoms with Crippen LogP contribution >= 0.6 is 0 Å². The zero-order valence-electron chi connectivity index (χ0n) is 3.60. The Morgan fingerprint density at radius 2 is 1.62 bits per heavy atom. The third-order valence-corrected chi connectivity index (χ3v) is 1.08. The molecule has 48 valence electrons. The molecule has 0 spiro atoms. The van der Waals surface area contributed by atoms with E-state index in [9.17, 15) is 17.4 Å². The summed E-state index contributed by atoms with van der Waals surface area (Å²) < 4.78 is 50.1. The van der Waals surface area contributed by atoms with Gasteiger partial charge in [0.15, 0.2) is 0 Å². The molecule has 0 fully saturated rings. The molecule has 8 heavy (non-hydrogen) atoms. The molecule has 0 radical (unpaired) electrons. The fourth-order valence-corrected chi connectivity index (χ4v) is 0. The summed E-state index contributed by atoms with van der Waals surface area (Å²) in [6.07, 6.45) is 0. The molecule has 1 atom stereocenters. The Bertz CT molecular complexity index is 166. The SMILES string of the molecule is B=S(=O)(O)C(F)(F)F. The number of alkyl halides is 3. The Morgan fingerprint density at radius 3 is 1.62 bits per heavy atom. The second-order valence-corrected chi connectivity index (χ2v) is 2.83. The normalized spacial score (nSPS) is 19.9. The van der Waals surface area contributed by atoms with Crippen LogP contribution in [0, 0.1) is 0 Å². The van der Waals surface area contributed by atoms with Gasteiger partial charge in [0.1, 0.15) is 0 Å². The second-order valence-electron chi connectivity index (χ2n) is 1.09. The van der Waals surface area contributed by atoms with Crippen molar-refractivity contribution in [2.45, 2.75) is 5.51 Å². The topological polar surface area (TPSA) is 37.3 Å². The van der Waals surface area contributed by atoms with Crippen LogP contribution in [0.2, 0.25) is 0 Å². The van der Waals surface area contributed by atoms with Crippen LogP contribution in [0.4, 0.5) is 13.2 Å². The average molecular weight is 146 g/mol. The van der Waals surface area contributed by atoms with Crippen LogP contribution in [-0.2, 0) is 9.64 Å². The van der Waals surface area contributed by atoms with Gasteiger partial charge in [0, 0.05) is 0 Å². The molecule has 0 aliphatic rings. The predicted octanol–water partition coefficient (Wildman–Crippen LogP) is 0.0794. The molecule has 1 unspecified atom stereocenters. The van der Waals surface area contributed by atoms with Crippen molar-refractivity contribution in [2.24, 2.45) is 0 Å². The summed E-state index contributed by atoms with van der Waals surface area (Å²) in [6, 6.07) is 0. The fraction of sp³-hybridized carbons (Fsp3) is 1.00. The summed E-state index contributed by atoms with van der Waals surface area (Å²) in [6.45, 7) is 2.00. The van der Waals surface area contributed by atoms with E-state index in [2.05, 4.69) is 0 Å². The van der Waals surface area contributed by atoms with Crippen LogP contribution in [0.1, 0.15) is 0 Å². The van der Waals surface area contributed by atoms with Gasteiger partial charge in [-0.15, -0.1) is 0 Å². The molecule has 0 heterocycles. The van der Waals surface area contributed by atoms with Gasteiger partial charge in [0.2, 0.25) is 0 Å². The number of hydrogen-bond acceptors (Lipinski definition) is 1. The Hall–Kier alpha value is -0.0351. The van der Waals surface area contributed by atoms with E-state index in [4.69, 9.17) is 4.55 Å². The molecule has 7 heteroatoms. The number of hydrogen-bond donors (Lipinski definition) is 1. The number of halogens is 3. The van der Waals surface area contributed by atoms with E-state index in [0.29, 0.717) is 0 Å². The zero-order valence-corrected chi connectivity index (χ0v) is 4.42. The molecule has 0 amide bonds. The van der Waals surface area contributed by atoms with Gasteiger partial charge in [-0.25, -0.2) is 0 Å². The van der Waals surface area contributed by atoms with Crippen molar-refractivity contribution in [3.05, 3.63) is 0 Å². The molecule has 0 aromatic rings. The Kier molecular flexibility index (Phi) is 1.72. The molecule has 0 saturated carbocycles. The molecule has 0 aromatic carbocycles. The maximum atomic E-state index is 11.0. The van der Waals surface area contributed by atoms with Gasteiger partial charge in [-0.1, -0.05) is 0 Å². The van der Waals surface area contributed by atoms with Crippen molar-refractivity contribution in [1.82, 2.24) is 0 Å². The maximum absolute atomic E-state index is 11.0. The number of rotatable bonds is 0. The van der Waals surface area contributed by atoms with E-state index in [0.717, 1.165) is 0 Å². The van der Waals surface area contributed by atoms with Gasteiger partial charge in [0.25, 0.3) is 0 Å². The van der Waals surface area contributed by atoms with Crippen molar-refractivity contribution >= 4 is 16.4 Å². The van der Waals surface area contributed by atoms with E-state index < -0.39 is 15.1 Å². The minimum atomic E-state index is -5.09. The third kappa shape index (κ3) is 1.83. The summed E-state index contributed by atoms with van der Waals surface area (Å²) in [5.41, 5.74) is -5.09. The van der Waals surface area contributed by atoms with Crippen LogP contribution < -0.4 is 0 Å². The van der Waals surface area contributed by atoms with Gasteiger partial charge in [0.05, 0.1) is 0 Å². The summed E-state index contributed by atoms with van der Waals surface area (Å²) in [5, 5.41) is 0. The third-order valence-electron chi connectivity index (χ3n) is 0.362. The van der Waals surface area contributed by atoms with Crippen molar-refractivity contribution in [3.8, 4) is 0 Å². The molecule has 1 N–H and O–H groups in total. The molecule has 0 saturated heterocycles. The summed E-state index contributed by atoms with van der Waals surface area (Å²) in [4.78, 5) is 0. The van der Waals surface area contributed by atoms with Gasteiger partial charge in [-0.05, 0) is 0 Å². The van der Waals surface area contributed by atoms with Crippen LogP contribution in [0.15, 0.2) is 0 Å². The van der Waals surface area contributed by atoms with Gasteiger partial charge in [-0.3, -0.25) is 0 Å². The van der Waals surface area contributed by atoms with E-state index in [1.165, 1.54) is 0 Å². The van der Waals surface area contributed by atoms with Crippen LogP contribution in [0.5, 0.6) is 0 Å². The fourth-order valence-electron chi connectivity index (χ4n) is 0. The zero-order chi connectivity index (χ0) is 7.00. The first-order chi connectivity index (χ1) is 3.25. The van der Waals surface area contributed by atoms with E-state index in [-0.39, 0.29) is 0 Å². The molecular formula is CH2BF3O2S. The van der Waals surface area contributed by atoms with Crippen molar-refractivity contribution in [1.29, 1.82) is 0 Å². The van der Waals surface area contributed by atoms with Gasteiger partial charge >= 0.3 is 43.8 Å². The van der Waals surface area contributed by atoms with E-state index in [1.54, 1.807) is 0 Å². The molecule has 0 rings (SSSR count). The first kappa shape index (κ1) is 7.96. The molecule has 0 aromatic heterocycles. The molecule has 2 nitrogen and oxygen atoms in total. The summed E-state index contributed by atoms with van der Waals surface area (Å²) in [7, 11) is -4.84. The quantitative estimate of drug-likeness (QED) is 0.491. The minimum absolute atomic E-state index is 2.00. The monoisotopic (exact) mass is 146 g/mol. The van der Waals surface area contributed by atoms with Crippen LogP contribution in [0.25, 0.3) is 0 Å². The Labute approximate surface area is 44.8 Å². The summed E-state index contributed by atoms with van der Waals surface area (Å²) in [5.74, 6) is 0. The van der Waals surface area contributed by atoms with Crippen molar-refractivity contribution < 1.29 is 21.9 Å². The van der Waals surface area contributed by atoms with E-state index >= 15 is 0 Å². The molecule has 0 aliphatic heterocycles.